The second kappa shape index (κ2) is 5.99. The Labute approximate surface area is 99.5 Å². The predicted molar refractivity (Wildman–Crippen MR) is 66.7 cm³/mol. The fourth-order valence-corrected chi connectivity index (χ4v) is 2.62. The lowest BCUT2D eigenvalue weighted by molar-refractivity contribution is 0.158. The topological polar surface area (TPSA) is 24.5 Å². The van der Waals surface area contributed by atoms with E-state index in [1.54, 1.807) is 7.11 Å². The molecule has 94 valence electrons. The van der Waals surface area contributed by atoms with E-state index in [1.807, 2.05) is 0 Å². The van der Waals surface area contributed by atoms with Crippen LogP contribution in [0.15, 0.2) is 0 Å². The van der Waals surface area contributed by atoms with Crippen LogP contribution in [0, 0.1) is 5.92 Å². The number of hydrogen-bond donors (Lipinski definition) is 1. The highest BCUT2D eigenvalue weighted by atomic mass is 16.5. The standard InChI is InChI=1S/C13H26N2O/c1-3-12(10-16-2)14-13-6-7-15(9-13)8-11-4-5-11/h11-14H,3-10H2,1-2H3. The van der Waals surface area contributed by atoms with Crippen molar-refractivity contribution in [3.63, 3.8) is 0 Å². The number of rotatable bonds is 7. The van der Waals surface area contributed by atoms with Gasteiger partial charge in [-0.05, 0) is 38.1 Å². The first-order valence-electron chi connectivity index (χ1n) is 6.79. The fourth-order valence-electron chi connectivity index (χ4n) is 2.62. The molecule has 3 nitrogen and oxygen atoms in total. The van der Waals surface area contributed by atoms with Crippen LogP contribution in [-0.2, 0) is 4.74 Å². The van der Waals surface area contributed by atoms with Gasteiger partial charge in [0.05, 0.1) is 6.61 Å². The van der Waals surface area contributed by atoms with Gasteiger partial charge in [-0.25, -0.2) is 0 Å². The number of hydrogen-bond acceptors (Lipinski definition) is 3. The lowest BCUT2D eigenvalue weighted by Crippen LogP contribution is -2.42. The van der Waals surface area contributed by atoms with Gasteiger partial charge in [-0.1, -0.05) is 6.92 Å². The van der Waals surface area contributed by atoms with Gasteiger partial charge in [-0.15, -0.1) is 0 Å². The van der Waals surface area contributed by atoms with Gasteiger partial charge in [0.1, 0.15) is 0 Å². The van der Waals surface area contributed by atoms with Crippen LogP contribution in [-0.4, -0.2) is 50.3 Å². The lowest BCUT2D eigenvalue weighted by Gasteiger charge is -2.21. The Bertz CT molecular complexity index is 206. The van der Waals surface area contributed by atoms with Gasteiger partial charge in [0, 0.05) is 32.3 Å². The molecular weight excluding hydrogens is 200 g/mol. The summed E-state index contributed by atoms with van der Waals surface area (Å²) in [6.07, 6.45) is 5.41. The highest BCUT2D eigenvalue weighted by Gasteiger charge is 2.29. The van der Waals surface area contributed by atoms with Gasteiger partial charge < -0.3 is 15.0 Å². The second-order valence-corrected chi connectivity index (χ2v) is 5.42. The molecule has 0 spiro atoms. The molecule has 0 aromatic heterocycles. The first-order chi connectivity index (χ1) is 7.81. The molecule has 1 aliphatic heterocycles. The summed E-state index contributed by atoms with van der Waals surface area (Å²) in [4.78, 5) is 2.63. The molecule has 0 aromatic rings. The van der Waals surface area contributed by atoms with Crippen molar-refractivity contribution in [2.24, 2.45) is 5.92 Å². The molecule has 1 N–H and O–H groups in total. The summed E-state index contributed by atoms with van der Waals surface area (Å²) < 4.78 is 5.23. The third kappa shape index (κ3) is 3.72. The van der Waals surface area contributed by atoms with Crippen molar-refractivity contribution in [1.29, 1.82) is 0 Å². The van der Waals surface area contributed by atoms with Crippen LogP contribution in [0.25, 0.3) is 0 Å². The molecule has 3 heteroatoms. The number of methoxy groups -OCH3 is 1. The van der Waals surface area contributed by atoms with E-state index in [2.05, 4.69) is 17.1 Å². The molecule has 1 aliphatic carbocycles. The third-order valence-electron chi connectivity index (χ3n) is 3.82. The minimum Gasteiger partial charge on any atom is -0.383 e. The van der Waals surface area contributed by atoms with Gasteiger partial charge in [0.15, 0.2) is 0 Å². The number of ether oxygens (including phenoxy) is 1. The Kier molecular flexibility index (Phi) is 4.62. The zero-order chi connectivity index (χ0) is 11.4. The van der Waals surface area contributed by atoms with Crippen LogP contribution in [0.5, 0.6) is 0 Å². The van der Waals surface area contributed by atoms with E-state index in [1.165, 1.54) is 38.9 Å². The molecule has 0 bridgehead atoms. The summed E-state index contributed by atoms with van der Waals surface area (Å²) in [7, 11) is 1.79. The molecule has 2 rings (SSSR count). The fraction of sp³-hybridized carbons (Fsp3) is 1.00. The number of likely N-dealkylation sites (tertiary alicyclic amines) is 1. The molecule has 2 fully saturated rings. The normalized spacial score (nSPS) is 28.5. The van der Waals surface area contributed by atoms with Crippen molar-refractivity contribution in [3.05, 3.63) is 0 Å². The van der Waals surface area contributed by atoms with Crippen LogP contribution in [0.2, 0.25) is 0 Å². The van der Waals surface area contributed by atoms with Crippen LogP contribution in [0.1, 0.15) is 32.6 Å². The zero-order valence-corrected chi connectivity index (χ0v) is 10.7. The van der Waals surface area contributed by atoms with E-state index in [4.69, 9.17) is 4.74 Å². The van der Waals surface area contributed by atoms with Gasteiger partial charge in [-0.3, -0.25) is 0 Å². The van der Waals surface area contributed by atoms with E-state index in [-0.39, 0.29) is 0 Å². The Morgan fingerprint density at radius 2 is 2.19 bits per heavy atom. The van der Waals surface area contributed by atoms with Crippen LogP contribution in [0.4, 0.5) is 0 Å². The van der Waals surface area contributed by atoms with Crippen molar-refractivity contribution < 1.29 is 4.74 Å². The van der Waals surface area contributed by atoms with Gasteiger partial charge in [-0.2, -0.15) is 0 Å². The Morgan fingerprint density at radius 3 is 2.81 bits per heavy atom. The molecule has 1 heterocycles. The average molecular weight is 226 g/mol. The lowest BCUT2D eigenvalue weighted by atomic mass is 10.2. The highest BCUT2D eigenvalue weighted by Crippen LogP contribution is 2.30. The first-order valence-corrected chi connectivity index (χ1v) is 6.79. The molecule has 2 unspecified atom stereocenters. The Balaban J connectivity index is 1.66. The summed E-state index contributed by atoms with van der Waals surface area (Å²) in [6, 6.07) is 1.23. The van der Waals surface area contributed by atoms with Gasteiger partial charge in [0.25, 0.3) is 0 Å². The molecule has 16 heavy (non-hydrogen) atoms. The molecule has 0 aromatic carbocycles. The molecule has 2 atom stereocenters. The second-order valence-electron chi connectivity index (χ2n) is 5.42. The minimum absolute atomic E-state index is 0.538. The predicted octanol–water partition coefficient (Wildman–Crippen LogP) is 1.49. The maximum atomic E-state index is 5.23. The van der Waals surface area contributed by atoms with Crippen molar-refractivity contribution in [1.82, 2.24) is 10.2 Å². The number of nitrogens with zero attached hydrogens (tertiary/aromatic N) is 1. The van der Waals surface area contributed by atoms with Gasteiger partial charge in [0.2, 0.25) is 0 Å². The van der Waals surface area contributed by atoms with Crippen molar-refractivity contribution in [3.8, 4) is 0 Å². The molecule has 2 aliphatic rings. The smallest absolute Gasteiger partial charge is 0.0615 e. The summed E-state index contributed by atoms with van der Waals surface area (Å²) in [5.41, 5.74) is 0. The first kappa shape index (κ1) is 12.3. The zero-order valence-electron chi connectivity index (χ0n) is 10.7. The molecule has 0 amide bonds. The van der Waals surface area contributed by atoms with E-state index < -0.39 is 0 Å². The Morgan fingerprint density at radius 1 is 1.38 bits per heavy atom. The maximum absolute atomic E-state index is 5.23. The van der Waals surface area contributed by atoms with Crippen LogP contribution in [0.3, 0.4) is 0 Å². The van der Waals surface area contributed by atoms with Crippen LogP contribution < -0.4 is 5.32 Å². The summed E-state index contributed by atoms with van der Waals surface area (Å²) in [5, 5.41) is 3.72. The SMILES string of the molecule is CCC(COC)NC1CCN(CC2CC2)C1. The average Bonchev–Trinajstić information content (AvgIpc) is 2.98. The molecule has 1 saturated carbocycles. The van der Waals surface area contributed by atoms with E-state index in [9.17, 15) is 0 Å². The van der Waals surface area contributed by atoms with Gasteiger partial charge >= 0.3 is 0 Å². The summed E-state index contributed by atoms with van der Waals surface area (Å²) >= 11 is 0. The minimum atomic E-state index is 0.538. The number of nitrogens with one attached hydrogen (secondary N) is 1. The Hall–Kier alpha value is -0.120. The van der Waals surface area contributed by atoms with Crippen molar-refractivity contribution in [2.45, 2.75) is 44.7 Å². The summed E-state index contributed by atoms with van der Waals surface area (Å²) in [5.74, 6) is 1.03. The molecule has 0 radical (unpaired) electrons. The quantitative estimate of drug-likeness (QED) is 0.712. The highest BCUT2D eigenvalue weighted by molar-refractivity contribution is 4.87. The van der Waals surface area contributed by atoms with Crippen LogP contribution >= 0.6 is 0 Å². The van der Waals surface area contributed by atoms with Crippen molar-refractivity contribution in [2.75, 3.05) is 33.4 Å². The van der Waals surface area contributed by atoms with E-state index >= 15 is 0 Å². The largest absolute Gasteiger partial charge is 0.383 e. The third-order valence-corrected chi connectivity index (χ3v) is 3.82. The van der Waals surface area contributed by atoms with E-state index in [0.29, 0.717) is 12.1 Å². The molecule has 1 saturated heterocycles. The maximum Gasteiger partial charge on any atom is 0.0615 e. The molecular formula is C13H26N2O. The summed E-state index contributed by atoms with van der Waals surface area (Å²) in [6.45, 7) is 6.96. The van der Waals surface area contributed by atoms with E-state index in [0.717, 1.165) is 18.9 Å². The monoisotopic (exact) mass is 226 g/mol. The van der Waals surface area contributed by atoms with Crippen molar-refractivity contribution >= 4 is 0 Å².